The first-order chi connectivity index (χ1) is 11.2. The lowest BCUT2D eigenvalue weighted by Crippen LogP contribution is -2.43. The summed E-state index contributed by atoms with van der Waals surface area (Å²) in [7, 11) is 0. The maximum Gasteiger partial charge on any atom is 0.276 e. The summed E-state index contributed by atoms with van der Waals surface area (Å²) < 4.78 is 5.67. The quantitative estimate of drug-likeness (QED) is 0.868. The van der Waals surface area contributed by atoms with Crippen LogP contribution < -0.4 is 0 Å². The van der Waals surface area contributed by atoms with Crippen molar-refractivity contribution in [3.63, 3.8) is 0 Å². The van der Waals surface area contributed by atoms with Gasteiger partial charge in [0.05, 0.1) is 17.5 Å². The van der Waals surface area contributed by atoms with E-state index in [0.717, 1.165) is 25.1 Å². The SMILES string of the molecule is CCOC1CCCN(C(=O)c2nn(-c3ccccc3)nc2C)C1. The molecule has 0 N–H and O–H groups in total. The molecule has 6 nitrogen and oxygen atoms in total. The Bertz CT molecular complexity index is 666. The predicted octanol–water partition coefficient (Wildman–Crippen LogP) is 2.22. The first-order valence-electron chi connectivity index (χ1n) is 8.09. The van der Waals surface area contributed by atoms with Crippen molar-refractivity contribution < 1.29 is 9.53 Å². The second-order valence-corrected chi connectivity index (χ2v) is 5.73. The number of ether oxygens (including phenoxy) is 1. The van der Waals surface area contributed by atoms with Gasteiger partial charge in [-0.25, -0.2) is 0 Å². The molecular weight excluding hydrogens is 292 g/mol. The topological polar surface area (TPSA) is 60.2 Å². The third-order valence-electron chi connectivity index (χ3n) is 4.04. The zero-order valence-corrected chi connectivity index (χ0v) is 13.6. The summed E-state index contributed by atoms with van der Waals surface area (Å²) in [6.45, 7) is 5.86. The first-order valence-corrected chi connectivity index (χ1v) is 8.09. The fraction of sp³-hybridized carbons (Fsp3) is 0.471. The molecule has 23 heavy (non-hydrogen) atoms. The molecule has 2 aromatic rings. The fourth-order valence-electron chi connectivity index (χ4n) is 2.90. The number of rotatable bonds is 4. The number of hydrogen-bond donors (Lipinski definition) is 0. The molecule has 1 saturated heterocycles. The maximum absolute atomic E-state index is 12.8. The van der Waals surface area contributed by atoms with Crippen LogP contribution in [0.2, 0.25) is 0 Å². The highest BCUT2D eigenvalue weighted by Crippen LogP contribution is 2.17. The van der Waals surface area contributed by atoms with Crippen molar-refractivity contribution in [3.8, 4) is 5.69 Å². The van der Waals surface area contributed by atoms with Gasteiger partial charge in [-0.05, 0) is 38.8 Å². The van der Waals surface area contributed by atoms with Crippen LogP contribution in [0, 0.1) is 6.92 Å². The summed E-state index contributed by atoms with van der Waals surface area (Å²) in [5.74, 6) is -0.0610. The van der Waals surface area contributed by atoms with Crippen molar-refractivity contribution in [2.75, 3.05) is 19.7 Å². The van der Waals surface area contributed by atoms with Crippen LogP contribution >= 0.6 is 0 Å². The number of carbonyl (C=O) groups is 1. The molecule has 0 saturated carbocycles. The van der Waals surface area contributed by atoms with Crippen molar-refractivity contribution >= 4 is 5.91 Å². The molecule has 1 aliphatic heterocycles. The van der Waals surface area contributed by atoms with Gasteiger partial charge in [-0.3, -0.25) is 4.79 Å². The van der Waals surface area contributed by atoms with E-state index >= 15 is 0 Å². The number of carbonyl (C=O) groups excluding carboxylic acids is 1. The molecule has 1 aliphatic rings. The van der Waals surface area contributed by atoms with Crippen LogP contribution in [0.3, 0.4) is 0 Å². The van der Waals surface area contributed by atoms with E-state index in [-0.39, 0.29) is 12.0 Å². The van der Waals surface area contributed by atoms with Crippen molar-refractivity contribution in [3.05, 3.63) is 41.7 Å². The number of amides is 1. The highest BCUT2D eigenvalue weighted by Gasteiger charge is 2.28. The van der Waals surface area contributed by atoms with E-state index in [4.69, 9.17) is 4.74 Å². The Morgan fingerprint density at radius 3 is 2.83 bits per heavy atom. The van der Waals surface area contributed by atoms with E-state index in [1.165, 1.54) is 4.80 Å². The lowest BCUT2D eigenvalue weighted by molar-refractivity contribution is 0.00699. The average Bonchev–Trinajstić information content (AvgIpc) is 2.97. The number of likely N-dealkylation sites (tertiary alicyclic amines) is 1. The van der Waals surface area contributed by atoms with E-state index in [1.807, 2.05) is 49.1 Å². The number of aryl methyl sites for hydroxylation is 1. The zero-order valence-electron chi connectivity index (χ0n) is 13.6. The van der Waals surface area contributed by atoms with E-state index in [2.05, 4.69) is 10.2 Å². The third-order valence-corrected chi connectivity index (χ3v) is 4.04. The predicted molar refractivity (Wildman–Crippen MR) is 86.6 cm³/mol. The van der Waals surface area contributed by atoms with Crippen LogP contribution in [-0.2, 0) is 4.74 Å². The van der Waals surface area contributed by atoms with Gasteiger partial charge in [0.2, 0.25) is 0 Å². The molecule has 0 aliphatic carbocycles. The standard InChI is InChI=1S/C17H22N4O2/c1-3-23-15-10-7-11-20(12-15)17(22)16-13(2)18-21(19-16)14-8-5-4-6-9-14/h4-6,8-9,15H,3,7,10-12H2,1-2H3. The molecule has 3 rings (SSSR count). The van der Waals surface area contributed by atoms with Gasteiger partial charge in [-0.15, -0.1) is 5.10 Å². The van der Waals surface area contributed by atoms with E-state index < -0.39 is 0 Å². The number of benzene rings is 1. The molecule has 1 atom stereocenters. The summed E-state index contributed by atoms with van der Waals surface area (Å²) in [5.41, 5.74) is 1.92. The normalized spacial score (nSPS) is 18.2. The molecule has 0 bridgehead atoms. The largest absolute Gasteiger partial charge is 0.377 e. The Morgan fingerprint density at radius 1 is 1.30 bits per heavy atom. The molecular formula is C17H22N4O2. The number of piperidine rings is 1. The number of nitrogens with zero attached hydrogens (tertiary/aromatic N) is 4. The van der Waals surface area contributed by atoms with Crippen LogP contribution in [0.1, 0.15) is 35.9 Å². The van der Waals surface area contributed by atoms with E-state index in [1.54, 1.807) is 0 Å². The Hall–Kier alpha value is -2.21. The molecule has 1 aromatic heterocycles. The molecule has 122 valence electrons. The second-order valence-electron chi connectivity index (χ2n) is 5.73. The minimum absolute atomic E-state index is 0.0610. The van der Waals surface area contributed by atoms with Gasteiger partial charge >= 0.3 is 0 Å². The molecule has 1 fully saturated rings. The highest BCUT2D eigenvalue weighted by atomic mass is 16.5. The van der Waals surface area contributed by atoms with Gasteiger partial charge < -0.3 is 9.64 Å². The van der Waals surface area contributed by atoms with Gasteiger partial charge in [0.1, 0.15) is 0 Å². The zero-order chi connectivity index (χ0) is 16.2. The van der Waals surface area contributed by atoms with Gasteiger partial charge in [0.15, 0.2) is 5.69 Å². The fourth-order valence-corrected chi connectivity index (χ4v) is 2.90. The van der Waals surface area contributed by atoms with Gasteiger partial charge in [-0.1, -0.05) is 18.2 Å². The summed E-state index contributed by atoms with van der Waals surface area (Å²) in [6.07, 6.45) is 2.09. The molecule has 0 spiro atoms. The summed E-state index contributed by atoms with van der Waals surface area (Å²) in [4.78, 5) is 16.1. The monoisotopic (exact) mass is 314 g/mol. The van der Waals surface area contributed by atoms with Gasteiger partial charge in [0.25, 0.3) is 5.91 Å². The summed E-state index contributed by atoms with van der Waals surface area (Å²) in [6, 6.07) is 9.62. The minimum Gasteiger partial charge on any atom is -0.377 e. The minimum atomic E-state index is -0.0610. The molecule has 1 aromatic carbocycles. The van der Waals surface area contributed by atoms with Crippen LogP contribution in [0.5, 0.6) is 0 Å². The molecule has 1 unspecified atom stereocenters. The second kappa shape index (κ2) is 6.91. The van der Waals surface area contributed by atoms with Crippen LogP contribution in [-0.4, -0.2) is 51.6 Å². The van der Waals surface area contributed by atoms with Crippen LogP contribution in [0.4, 0.5) is 0 Å². The highest BCUT2D eigenvalue weighted by molar-refractivity contribution is 5.93. The lowest BCUT2D eigenvalue weighted by atomic mass is 10.1. The lowest BCUT2D eigenvalue weighted by Gasteiger charge is -2.32. The Labute approximate surface area is 136 Å². The third kappa shape index (κ3) is 3.42. The summed E-state index contributed by atoms with van der Waals surface area (Å²) >= 11 is 0. The van der Waals surface area contributed by atoms with Gasteiger partial charge in [-0.2, -0.15) is 9.90 Å². The maximum atomic E-state index is 12.8. The van der Waals surface area contributed by atoms with E-state index in [0.29, 0.717) is 24.5 Å². The molecule has 2 heterocycles. The Morgan fingerprint density at radius 2 is 2.09 bits per heavy atom. The van der Waals surface area contributed by atoms with Crippen molar-refractivity contribution in [1.29, 1.82) is 0 Å². The Kier molecular flexibility index (Phi) is 4.71. The number of hydrogen-bond acceptors (Lipinski definition) is 4. The van der Waals surface area contributed by atoms with Crippen molar-refractivity contribution in [1.82, 2.24) is 19.9 Å². The van der Waals surface area contributed by atoms with E-state index in [9.17, 15) is 4.79 Å². The van der Waals surface area contributed by atoms with Crippen molar-refractivity contribution in [2.24, 2.45) is 0 Å². The van der Waals surface area contributed by atoms with Crippen molar-refractivity contribution in [2.45, 2.75) is 32.8 Å². The molecule has 1 amide bonds. The molecule has 0 radical (unpaired) electrons. The van der Waals surface area contributed by atoms with Gasteiger partial charge in [0, 0.05) is 19.7 Å². The summed E-state index contributed by atoms with van der Waals surface area (Å²) in [5, 5.41) is 8.78. The average molecular weight is 314 g/mol. The van der Waals surface area contributed by atoms with Crippen LogP contribution in [0.25, 0.3) is 5.69 Å². The van der Waals surface area contributed by atoms with Crippen LogP contribution in [0.15, 0.2) is 30.3 Å². The number of aromatic nitrogens is 3. The first kappa shape index (κ1) is 15.7. The Balaban J connectivity index is 1.79. The molecule has 6 heteroatoms. The number of para-hydroxylation sites is 1. The smallest absolute Gasteiger partial charge is 0.276 e.